The average Bonchev–Trinajstić information content (AvgIpc) is 3.07. The fraction of sp³-hybridized carbons (Fsp3) is 0.444. The lowest BCUT2D eigenvalue weighted by atomic mass is 9.84. The van der Waals surface area contributed by atoms with Gasteiger partial charge in [-0.1, -0.05) is 55.7 Å². The lowest BCUT2D eigenvalue weighted by Gasteiger charge is -2.22. The SMILES string of the molecule is COc1ccc(CC[C@@]2(C)NC(=O)N(CC(=O)c3ccc(C4CCCCC4)cc3)C2=O)cc1. The Labute approximate surface area is 195 Å². The van der Waals surface area contributed by atoms with Crippen molar-refractivity contribution in [3.63, 3.8) is 0 Å². The van der Waals surface area contributed by atoms with Crippen LogP contribution in [-0.2, 0) is 11.2 Å². The van der Waals surface area contributed by atoms with Gasteiger partial charge in [-0.2, -0.15) is 0 Å². The van der Waals surface area contributed by atoms with Crippen molar-refractivity contribution in [1.29, 1.82) is 0 Å². The van der Waals surface area contributed by atoms with E-state index in [-0.39, 0.29) is 18.2 Å². The summed E-state index contributed by atoms with van der Waals surface area (Å²) in [6.45, 7) is 1.48. The summed E-state index contributed by atoms with van der Waals surface area (Å²) in [4.78, 5) is 39.5. The monoisotopic (exact) mass is 448 g/mol. The number of Topliss-reactive ketones (excluding diaryl/α,β-unsaturated/α-hetero) is 1. The highest BCUT2D eigenvalue weighted by atomic mass is 16.5. The van der Waals surface area contributed by atoms with Crippen LogP contribution in [0.2, 0.25) is 0 Å². The van der Waals surface area contributed by atoms with E-state index in [1.807, 2.05) is 48.5 Å². The Morgan fingerprint density at radius 2 is 1.70 bits per heavy atom. The molecule has 6 nitrogen and oxygen atoms in total. The minimum atomic E-state index is -1.03. The predicted octanol–water partition coefficient (Wildman–Crippen LogP) is 4.87. The molecule has 1 saturated carbocycles. The molecule has 2 aromatic carbocycles. The van der Waals surface area contributed by atoms with E-state index in [1.54, 1.807) is 14.0 Å². The predicted molar refractivity (Wildman–Crippen MR) is 127 cm³/mol. The molecule has 2 fully saturated rings. The van der Waals surface area contributed by atoms with Crippen LogP contribution < -0.4 is 10.1 Å². The Bertz CT molecular complexity index is 1010. The van der Waals surface area contributed by atoms with Gasteiger partial charge in [-0.15, -0.1) is 0 Å². The van der Waals surface area contributed by atoms with Crippen LogP contribution in [0.4, 0.5) is 4.79 Å². The van der Waals surface area contributed by atoms with E-state index in [2.05, 4.69) is 5.32 Å². The molecule has 0 aromatic heterocycles. The molecular weight excluding hydrogens is 416 g/mol. The van der Waals surface area contributed by atoms with Gasteiger partial charge in [0, 0.05) is 5.56 Å². The third-order valence-corrected chi connectivity index (χ3v) is 7.03. The van der Waals surface area contributed by atoms with E-state index in [9.17, 15) is 14.4 Å². The number of carbonyl (C=O) groups excluding carboxylic acids is 3. The quantitative estimate of drug-likeness (QED) is 0.462. The number of methoxy groups -OCH3 is 1. The number of urea groups is 1. The van der Waals surface area contributed by atoms with Crippen molar-refractivity contribution < 1.29 is 19.1 Å². The largest absolute Gasteiger partial charge is 0.497 e. The van der Waals surface area contributed by atoms with Crippen LogP contribution in [0.1, 0.15) is 72.9 Å². The van der Waals surface area contributed by atoms with Crippen LogP contribution in [0.25, 0.3) is 0 Å². The van der Waals surface area contributed by atoms with Gasteiger partial charge in [-0.25, -0.2) is 4.79 Å². The van der Waals surface area contributed by atoms with E-state index >= 15 is 0 Å². The van der Waals surface area contributed by atoms with Crippen LogP contribution >= 0.6 is 0 Å². The van der Waals surface area contributed by atoms with Gasteiger partial charge in [0.1, 0.15) is 11.3 Å². The second-order valence-electron chi connectivity index (χ2n) is 9.38. The van der Waals surface area contributed by atoms with Gasteiger partial charge in [0.25, 0.3) is 5.91 Å². The summed E-state index contributed by atoms with van der Waals surface area (Å²) in [5.41, 5.74) is 1.82. The molecule has 0 radical (unpaired) electrons. The fourth-order valence-electron chi connectivity index (χ4n) is 4.86. The first kappa shape index (κ1) is 23.0. The molecule has 0 bridgehead atoms. The summed E-state index contributed by atoms with van der Waals surface area (Å²) >= 11 is 0. The van der Waals surface area contributed by atoms with Crippen molar-refractivity contribution in [3.8, 4) is 5.75 Å². The van der Waals surface area contributed by atoms with E-state index in [0.717, 1.165) is 16.2 Å². The van der Waals surface area contributed by atoms with Crippen molar-refractivity contribution in [2.24, 2.45) is 0 Å². The number of nitrogens with zero attached hydrogens (tertiary/aromatic N) is 1. The van der Waals surface area contributed by atoms with E-state index in [0.29, 0.717) is 24.3 Å². The molecule has 0 unspecified atom stereocenters. The number of aryl methyl sites for hydroxylation is 1. The maximum Gasteiger partial charge on any atom is 0.325 e. The van der Waals surface area contributed by atoms with Crippen molar-refractivity contribution >= 4 is 17.7 Å². The summed E-state index contributed by atoms with van der Waals surface area (Å²) < 4.78 is 5.17. The van der Waals surface area contributed by atoms with Crippen LogP contribution in [0, 0.1) is 0 Å². The summed E-state index contributed by atoms with van der Waals surface area (Å²) in [7, 11) is 1.61. The highest BCUT2D eigenvalue weighted by molar-refractivity contribution is 6.11. The maximum atomic E-state index is 13.1. The molecule has 6 heteroatoms. The summed E-state index contributed by atoms with van der Waals surface area (Å²) in [6, 6.07) is 14.8. The maximum absolute atomic E-state index is 13.1. The summed E-state index contributed by atoms with van der Waals surface area (Å²) in [6.07, 6.45) is 7.29. The minimum Gasteiger partial charge on any atom is -0.497 e. The molecule has 3 amide bonds. The van der Waals surface area contributed by atoms with Gasteiger partial charge in [0.15, 0.2) is 5.78 Å². The van der Waals surface area contributed by atoms with Gasteiger partial charge in [0.05, 0.1) is 13.7 Å². The number of carbonyl (C=O) groups is 3. The molecule has 174 valence electrons. The van der Waals surface area contributed by atoms with Gasteiger partial charge in [-0.05, 0) is 61.8 Å². The first-order chi connectivity index (χ1) is 15.9. The van der Waals surface area contributed by atoms with Gasteiger partial charge >= 0.3 is 6.03 Å². The van der Waals surface area contributed by atoms with Gasteiger partial charge < -0.3 is 10.1 Å². The van der Waals surface area contributed by atoms with Gasteiger partial charge in [-0.3, -0.25) is 14.5 Å². The Hall–Kier alpha value is -3.15. The molecule has 33 heavy (non-hydrogen) atoms. The first-order valence-electron chi connectivity index (χ1n) is 11.8. The molecule has 1 atom stereocenters. The molecule has 2 aromatic rings. The Morgan fingerprint density at radius 1 is 1.03 bits per heavy atom. The van der Waals surface area contributed by atoms with Crippen LogP contribution in [0.15, 0.2) is 48.5 Å². The number of hydrogen-bond donors (Lipinski definition) is 1. The minimum absolute atomic E-state index is 0.229. The second kappa shape index (κ2) is 9.77. The third-order valence-electron chi connectivity index (χ3n) is 7.03. The van der Waals surface area contributed by atoms with Crippen molar-refractivity contribution in [2.45, 2.75) is 63.3 Å². The second-order valence-corrected chi connectivity index (χ2v) is 9.38. The van der Waals surface area contributed by atoms with E-state index in [4.69, 9.17) is 4.74 Å². The molecule has 4 rings (SSSR count). The topological polar surface area (TPSA) is 75.7 Å². The smallest absolute Gasteiger partial charge is 0.325 e. The Kier molecular flexibility index (Phi) is 6.82. The number of amides is 3. The molecule has 2 aliphatic rings. The van der Waals surface area contributed by atoms with Crippen molar-refractivity contribution in [3.05, 3.63) is 65.2 Å². The number of imide groups is 1. The zero-order valence-corrected chi connectivity index (χ0v) is 19.4. The highest BCUT2D eigenvalue weighted by Gasteiger charge is 2.47. The first-order valence-corrected chi connectivity index (χ1v) is 11.8. The van der Waals surface area contributed by atoms with E-state index in [1.165, 1.54) is 37.7 Å². The highest BCUT2D eigenvalue weighted by Crippen LogP contribution is 2.32. The third kappa shape index (κ3) is 5.10. The molecule has 1 aliphatic heterocycles. The number of benzene rings is 2. The fourth-order valence-corrected chi connectivity index (χ4v) is 4.86. The summed E-state index contributed by atoms with van der Waals surface area (Å²) in [5.74, 6) is 0.758. The number of rotatable bonds is 8. The number of ether oxygens (including phenoxy) is 1. The van der Waals surface area contributed by atoms with Crippen LogP contribution in [0.3, 0.4) is 0 Å². The molecule has 1 saturated heterocycles. The normalized spacial score (nSPS) is 21.2. The Morgan fingerprint density at radius 3 is 2.33 bits per heavy atom. The number of nitrogens with one attached hydrogen (secondary N) is 1. The zero-order valence-electron chi connectivity index (χ0n) is 19.4. The number of hydrogen-bond acceptors (Lipinski definition) is 4. The number of ketones is 1. The average molecular weight is 449 g/mol. The van der Waals surface area contributed by atoms with Crippen LogP contribution in [0.5, 0.6) is 5.75 Å². The lowest BCUT2D eigenvalue weighted by molar-refractivity contribution is -0.130. The molecule has 1 heterocycles. The van der Waals surface area contributed by atoms with Crippen molar-refractivity contribution in [2.75, 3.05) is 13.7 Å². The molecule has 1 aliphatic carbocycles. The summed E-state index contributed by atoms with van der Waals surface area (Å²) in [5, 5.41) is 2.79. The lowest BCUT2D eigenvalue weighted by Crippen LogP contribution is -2.44. The molecule has 1 N–H and O–H groups in total. The standard InChI is InChI=1S/C27H32N2O4/c1-27(17-16-19-8-14-23(33-2)15-9-19)25(31)29(26(32)28-27)18-24(30)22-12-10-21(11-13-22)20-6-4-3-5-7-20/h8-15,20H,3-7,16-18H2,1-2H3,(H,28,32)/t27-/m1/s1. The zero-order chi connectivity index (χ0) is 23.4. The van der Waals surface area contributed by atoms with Gasteiger partial charge in [0.2, 0.25) is 0 Å². The molecular formula is C27H32N2O4. The van der Waals surface area contributed by atoms with E-state index < -0.39 is 11.6 Å². The van der Waals surface area contributed by atoms with Crippen molar-refractivity contribution in [1.82, 2.24) is 10.2 Å². The van der Waals surface area contributed by atoms with Crippen LogP contribution in [-0.4, -0.2) is 41.8 Å². The Balaban J connectivity index is 1.37. The molecule has 0 spiro atoms.